The van der Waals surface area contributed by atoms with Gasteiger partial charge in [-0.15, -0.1) is 0 Å². The average molecular weight is 122 g/mol. The maximum absolute atomic E-state index is 10.3. The first kappa shape index (κ1) is 10.5. The van der Waals surface area contributed by atoms with Crippen molar-refractivity contribution >= 4 is 9.05 Å². The topological polar surface area (TPSA) is 69.9 Å². The standard InChI is InChI=1S/FH3O4Si.Li.H/c1-5-6(2,3)4;;/h2-4H;;/q;+1;-1. The van der Waals surface area contributed by atoms with E-state index in [-0.39, 0.29) is 20.3 Å². The Kier molecular flexibility index (Phi) is 5.38. The van der Waals surface area contributed by atoms with Crippen molar-refractivity contribution in [1.82, 2.24) is 0 Å². The predicted octanol–water partition coefficient (Wildman–Crippen LogP) is -4.58. The summed E-state index contributed by atoms with van der Waals surface area (Å²) in [5.41, 5.74) is 0. The largest absolute Gasteiger partial charge is 1.00 e. The second-order valence-electron chi connectivity index (χ2n) is 0.651. The molecule has 0 aliphatic heterocycles. The molecule has 0 saturated heterocycles. The smallest absolute Gasteiger partial charge is 1.00 e. The normalized spacial score (nSPS) is 10.3. The van der Waals surface area contributed by atoms with Crippen LogP contribution >= 0.6 is 0 Å². The van der Waals surface area contributed by atoms with Crippen molar-refractivity contribution in [2.45, 2.75) is 0 Å². The summed E-state index contributed by atoms with van der Waals surface area (Å²) in [6, 6.07) is 0. The summed E-state index contributed by atoms with van der Waals surface area (Å²) in [7, 11) is -4.80. The van der Waals surface area contributed by atoms with Crippen LogP contribution in [0.4, 0.5) is 4.53 Å². The predicted molar refractivity (Wildman–Crippen MR) is 15.7 cm³/mol. The molecule has 0 aromatic rings. The molecule has 0 saturated carbocycles. The van der Waals surface area contributed by atoms with Crippen LogP contribution in [0, 0.1) is 0 Å². The van der Waals surface area contributed by atoms with Crippen molar-refractivity contribution in [3.8, 4) is 0 Å². The number of hydrogen-bond acceptors (Lipinski definition) is 4. The van der Waals surface area contributed by atoms with E-state index < -0.39 is 9.05 Å². The first-order valence-electron chi connectivity index (χ1n) is 1.03. The van der Waals surface area contributed by atoms with Crippen LogP contribution in [0.25, 0.3) is 0 Å². The molecule has 0 unspecified atom stereocenters. The van der Waals surface area contributed by atoms with Gasteiger partial charge >= 0.3 is 27.9 Å². The van der Waals surface area contributed by atoms with Crippen molar-refractivity contribution in [3.63, 3.8) is 0 Å². The van der Waals surface area contributed by atoms with Gasteiger partial charge in [-0.25, -0.2) is 0 Å². The second kappa shape index (κ2) is 3.57. The Balaban J connectivity index is -0.000000125. The van der Waals surface area contributed by atoms with Gasteiger partial charge in [0.15, 0.2) is 0 Å². The molecule has 0 amide bonds. The molecule has 3 N–H and O–H groups in total. The molecule has 7 heavy (non-hydrogen) atoms. The van der Waals surface area contributed by atoms with Gasteiger partial charge in [0, 0.05) is 0 Å². The minimum Gasteiger partial charge on any atom is -1.00 e. The molecule has 4 nitrogen and oxygen atoms in total. The summed E-state index contributed by atoms with van der Waals surface area (Å²) < 4.78 is 12.6. The summed E-state index contributed by atoms with van der Waals surface area (Å²) in [5.74, 6) is 0. The van der Waals surface area contributed by atoms with Gasteiger partial charge in [0.1, 0.15) is 0 Å². The van der Waals surface area contributed by atoms with Gasteiger partial charge in [0.05, 0.1) is 0 Å². The van der Waals surface area contributed by atoms with Gasteiger partial charge in [0.2, 0.25) is 0 Å². The van der Waals surface area contributed by atoms with E-state index in [9.17, 15) is 4.53 Å². The van der Waals surface area contributed by atoms with Crippen LogP contribution < -0.4 is 18.9 Å². The Labute approximate surface area is 53.6 Å². The van der Waals surface area contributed by atoms with Gasteiger partial charge in [-0.2, -0.15) is 4.63 Å². The van der Waals surface area contributed by atoms with Gasteiger partial charge in [-0.3, -0.25) is 0 Å². The summed E-state index contributed by atoms with van der Waals surface area (Å²) in [5, 5.41) is 0. The van der Waals surface area contributed by atoms with Gasteiger partial charge in [0.25, 0.3) is 0 Å². The first-order chi connectivity index (χ1) is 2.56. The molecule has 0 spiro atoms. The Morgan fingerprint density at radius 3 is 1.57 bits per heavy atom. The molecular weight excluding hydrogens is 118 g/mol. The van der Waals surface area contributed by atoms with Crippen LogP contribution in [0.2, 0.25) is 0 Å². The van der Waals surface area contributed by atoms with E-state index in [1.807, 2.05) is 0 Å². The van der Waals surface area contributed by atoms with E-state index in [0.29, 0.717) is 0 Å². The molecular formula is H4FLiO4Si. The van der Waals surface area contributed by atoms with E-state index >= 15 is 0 Å². The van der Waals surface area contributed by atoms with E-state index in [1.54, 1.807) is 0 Å². The van der Waals surface area contributed by atoms with Crippen molar-refractivity contribution < 1.29 is 43.8 Å². The van der Waals surface area contributed by atoms with Crippen molar-refractivity contribution in [1.29, 1.82) is 0 Å². The molecule has 0 aromatic heterocycles. The molecule has 40 valence electrons. The average Bonchev–Trinajstić information content (AvgIpc) is 1.35. The van der Waals surface area contributed by atoms with Gasteiger partial charge in [-0.1, -0.05) is 4.53 Å². The molecule has 0 radical (unpaired) electrons. The summed E-state index contributed by atoms with van der Waals surface area (Å²) in [4.78, 5) is 22.4. The fraction of sp³-hybridized carbons (Fsp3) is 0. The van der Waals surface area contributed by atoms with E-state index in [0.717, 1.165) is 0 Å². The molecule has 0 aliphatic rings. The molecule has 0 rings (SSSR count). The molecule has 0 fully saturated rings. The SMILES string of the molecule is O[Si](O)(O)OF.[H-].[Li+]. The Morgan fingerprint density at radius 2 is 1.57 bits per heavy atom. The van der Waals surface area contributed by atoms with Crippen molar-refractivity contribution in [2.75, 3.05) is 0 Å². The molecule has 0 atom stereocenters. The van der Waals surface area contributed by atoms with E-state index in [2.05, 4.69) is 4.63 Å². The van der Waals surface area contributed by atoms with Crippen LogP contribution in [0.5, 0.6) is 0 Å². The Hall–Kier alpha value is 0.584. The Bertz CT molecular complexity index is 45.8. The van der Waals surface area contributed by atoms with Crippen LogP contribution in [0.1, 0.15) is 1.43 Å². The summed E-state index contributed by atoms with van der Waals surface area (Å²) in [6.07, 6.45) is 0. The number of rotatable bonds is 1. The van der Waals surface area contributed by atoms with Crippen molar-refractivity contribution in [2.24, 2.45) is 0 Å². The zero-order valence-electron chi connectivity index (χ0n) is 4.63. The Morgan fingerprint density at radius 1 is 1.43 bits per heavy atom. The van der Waals surface area contributed by atoms with Crippen LogP contribution in [-0.4, -0.2) is 23.4 Å². The van der Waals surface area contributed by atoms with Crippen LogP contribution in [0.15, 0.2) is 0 Å². The van der Waals surface area contributed by atoms with E-state index in [1.165, 1.54) is 0 Å². The minimum atomic E-state index is -4.80. The molecule has 7 heteroatoms. The monoisotopic (exact) mass is 122 g/mol. The maximum atomic E-state index is 10.3. The summed E-state index contributed by atoms with van der Waals surface area (Å²) >= 11 is 0. The number of hydrogen-bond donors (Lipinski definition) is 3. The van der Waals surface area contributed by atoms with Crippen LogP contribution in [0.3, 0.4) is 0 Å². The fourth-order valence-electron chi connectivity index (χ4n) is 0. The van der Waals surface area contributed by atoms with Gasteiger partial charge in [-0.05, 0) is 0 Å². The first-order valence-corrected chi connectivity index (χ1v) is 2.78. The number of halogens is 1. The molecule has 0 aromatic carbocycles. The van der Waals surface area contributed by atoms with Crippen LogP contribution in [-0.2, 0) is 4.63 Å². The third kappa shape index (κ3) is 10.8. The zero-order valence-corrected chi connectivity index (χ0v) is 4.63. The molecule has 0 heterocycles. The maximum Gasteiger partial charge on any atom is 1.00 e. The minimum absolute atomic E-state index is 0. The molecule has 0 bridgehead atoms. The van der Waals surface area contributed by atoms with Gasteiger partial charge < -0.3 is 15.8 Å². The third-order valence-corrected chi connectivity index (χ3v) is 0.311. The second-order valence-corrected chi connectivity index (χ2v) is 1.95. The van der Waals surface area contributed by atoms with E-state index in [4.69, 9.17) is 14.4 Å². The zero-order chi connectivity index (χ0) is 5.21. The fourth-order valence-corrected chi connectivity index (χ4v) is 0. The third-order valence-electron chi connectivity index (χ3n) is 0.104. The quantitative estimate of drug-likeness (QED) is 0.306. The van der Waals surface area contributed by atoms with Crippen molar-refractivity contribution in [3.05, 3.63) is 0 Å². The summed E-state index contributed by atoms with van der Waals surface area (Å²) in [6.45, 7) is 0. The molecule has 0 aliphatic carbocycles.